The predicted octanol–water partition coefficient (Wildman–Crippen LogP) is -1.22. The van der Waals surface area contributed by atoms with Crippen molar-refractivity contribution < 1.29 is 125 Å². The van der Waals surface area contributed by atoms with Crippen LogP contribution >= 0.6 is 0 Å². The van der Waals surface area contributed by atoms with E-state index in [1.165, 1.54) is 0 Å². The summed E-state index contributed by atoms with van der Waals surface area (Å²) in [5.74, 6) is 0. The molecule has 0 aliphatic carbocycles. The first-order valence-electron chi connectivity index (χ1n) is 0. The summed E-state index contributed by atoms with van der Waals surface area (Å²) in [6.45, 7) is 0. The Labute approximate surface area is 134 Å². The van der Waals surface area contributed by atoms with Crippen molar-refractivity contribution in [3.05, 3.63) is 0 Å². The average Bonchev–Trinajstić information content (AvgIpc) is 0. The van der Waals surface area contributed by atoms with Crippen LogP contribution in [0.15, 0.2) is 0 Å². The third kappa shape index (κ3) is 234. The summed E-state index contributed by atoms with van der Waals surface area (Å²) in [6.07, 6.45) is 0. The zero-order valence-corrected chi connectivity index (χ0v) is 13.2. The Morgan fingerprint density at radius 2 is 0.333 bits per heavy atom. The Hall–Kier alpha value is 2.74. The minimum Gasteiger partial charge on any atom is -2.00 e. The Kier molecular flexibility index (Phi) is 9160. The van der Waals surface area contributed by atoms with E-state index in [1.807, 2.05) is 0 Å². The molecule has 0 aromatic carbocycles. The fourth-order valence-corrected chi connectivity index (χ4v) is 0. The van der Waals surface area contributed by atoms with Gasteiger partial charge in [-0.2, -0.15) is 0 Å². The van der Waals surface area contributed by atoms with Gasteiger partial charge in [-0.3, -0.25) is 0 Å². The molecule has 6 radical (unpaired) electrons. The SMILES string of the molecule is [Fe+3].[Fe+3].[O-2].[O-2].[O-2].[O-2].[O-2].[O-2].[O-2].[Si].[Zr+4].[Zr+4]. The molecule has 0 aromatic rings. The molecule has 0 aliphatic rings. The molecule has 0 N–H and O–H groups in total. The van der Waals surface area contributed by atoms with Gasteiger partial charge in [0.05, 0.1) is 0 Å². The molecule has 0 unspecified atom stereocenters. The summed E-state index contributed by atoms with van der Waals surface area (Å²) < 4.78 is 0. The summed E-state index contributed by atoms with van der Waals surface area (Å²) in [5, 5.41) is 0. The van der Waals surface area contributed by atoms with Gasteiger partial charge in [-0.25, -0.2) is 0 Å². The van der Waals surface area contributed by atoms with Crippen LogP contribution in [0.4, 0.5) is 0 Å². The molecule has 0 rings (SSSR count). The number of rotatable bonds is 0. The topological polar surface area (TPSA) is 200 Å². The van der Waals surface area contributed by atoms with E-state index in [1.54, 1.807) is 0 Å². The second kappa shape index (κ2) is 297. The molecule has 0 saturated heterocycles. The van der Waals surface area contributed by atoms with Crippen molar-refractivity contribution in [3.63, 3.8) is 0 Å². The third-order valence-electron chi connectivity index (χ3n) is 0. The van der Waals surface area contributed by atoms with Gasteiger partial charge in [-0.15, -0.1) is 0 Å². The van der Waals surface area contributed by atoms with E-state index in [0.717, 1.165) is 0 Å². The molecule has 0 saturated carbocycles. The molecule has 0 aromatic heterocycles. The first kappa shape index (κ1) is 370. The van der Waals surface area contributed by atoms with Crippen molar-refractivity contribution in [1.82, 2.24) is 0 Å². The maximum Gasteiger partial charge on any atom is 4.00 e. The number of hydrogen-bond donors (Lipinski definition) is 0. The molecule has 0 amide bonds. The van der Waals surface area contributed by atoms with E-state index in [4.69, 9.17) is 0 Å². The van der Waals surface area contributed by atoms with Crippen LogP contribution < -0.4 is 0 Å². The van der Waals surface area contributed by atoms with Crippen molar-refractivity contribution in [2.24, 2.45) is 0 Å². The quantitative estimate of drug-likeness (QED) is 0.412. The fraction of sp³-hybridized carbons (Fsp3) is 0. The molecule has 0 heterocycles. The zero-order chi connectivity index (χ0) is 0. The van der Waals surface area contributed by atoms with Crippen LogP contribution in [0.25, 0.3) is 0 Å². The number of hydrogen-bond acceptors (Lipinski definition) is 0. The molecular formula is Fe2O7SiZr2. The summed E-state index contributed by atoms with van der Waals surface area (Å²) in [5.41, 5.74) is 0. The van der Waals surface area contributed by atoms with Gasteiger partial charge in [-0.05, 0) is 0 Å². The molecule has 12 heavy (non-hydrogen) atoms. The van der Waals surface area contributed by atoms with Crippen LogP contribution in [0.5, 0.6) is 0 Å². The van der Waals surface area contributed by atoms with E-state index >= 15 is 0 Å². The van der Waals surface area contributed by atoms with Crippen molar-refractivity contribution in [2.75, 3.05) is 0 Å². The summed E-state index contributed by atoms with van der Waals surface area (Å²) in [7, 11) is 0. The largest absolute Gasteiger partial charge is 4.00 e. The zero-order valence-electron chi connectivity index (χ0n) is 5.06. The molecule has 0 aliphatic heterocycles. The minimum absolute atomic E-state index is 0. The van der Waals surface area contributed by atoms with Crippen LogP contribution in [0.2, 0.25) is 0 Å². The first-order valence-corrected chi connectivity index (χ1v) is 0. The van der Waals surface area contributed by atoms with Crippen molar-refractivity contribution >= 4 is 11.0 Å². The van der Waals surface area contributed by atoms with Crippen molar-refractivity contribution in [2.45, 2.75) is 0 Å². The fourth-order valence-electron chi connectivity index (χ4n) is 0. The first-order chi connectivity index (χ1) is 0. The van der Waals surface area contributed by atoms with Crippen molar-refractivity contribution in [1.29, 1.82) is 0 Å². The Morgan fingerprint density at radius 3 is 0.333 bits per heavy atom. The standard InChI is InChI=1S/2Fe.7O.Si.2Zr/q2*+3;7*-2;;2*+4. The van der Waals surface area contributed by atoms with Gasteiger partial charge in [0.25, 0.3) is 0 Å². The third-order valence-corrected chi connectivity index (χ3v) is 0. The van der Waals surface area contributed by atoms with Gasteiger partial charge in [0, 0.05) is 11.0 Å². The summed E-state index contributed by atoms with van der Waals surface area (Å²) in [4.78, 5) is 0. The molecular weight excluding hydrogens is 434 g/mol. The Morgan fingerprint density at radius 1 is 0.333 bits per heavy atom. The molecule has 0 atom stereocenters. The summed E-state index contributed by atoms with van der Waals surface area (Å²) >= 11 is 0. The average molecular weight is 434 g/mol. The van der Waals surface area contributed by atoms with E-state index < -0.39 is 0 Å². The maximum absolute atomic E-state index is 0. The molecule has 7 nitrogen and oxygen atoms in total. The maximum atomic E-state index is 0. The van der Waals surface area contributed by atoms with Crippen LogP contribution in [-0.2, 0) is 125 Å². The molecule has 0 bridgehead atoms. The second-order valence-corrected chi connectivity index (χ2v) is 0. The van der Waals surface area contributed by atoms with Crippen LogP contribution in [0.3, 0.4) is 0 Å². The van der Waals surface area contributed by atoms with Gasteiger partial charge in [-0.1, -0.05) is 0 Å². The molecule has 0 spiro atoms. The minimum atomic E-state index is 0. The molecule has 70 valence electrons. The normalized spacial score (nSPS) is 0. The molecule has 12 heteroatoms. The van der Waals surface area contributed by atoms with Gasteiger partial charge in [0.1, 0.15) is 0 Å². The second-order valence-electron chi connectivity index (χ2n) is 0. The van der Waals surface area contributed by atoms with E-state index in [9.17, 15) is 0 Å². The Bertz CT molecular complexity index is 19.4. The monoisotopic (exact) mass is 432 g/mol. The van der Waals surface area contributed by atoms with Crippen molar-refractivity contribution in [3.8, 4) is 0 Å². The van der Waals surface area contributed by atoms with E-state index in [0.29, 0.717) is 0 Å². The molecule has 0 fully saturated rings. The van der Waals surface area contributed by atoms with Gasteiger partial charge < -0.3 is 38.3 Å². The van der Waals surface area contributed by atoms with Crippen LogP contribution in [0, 0.1) is 0 Å². The Balaban J connectivity index is 0. The smallest absolute Gasteiger partial charge is 2.00 e. The van der Waals surface area contributed by atoms with Gasteiger partial charge in [0.2, 0.25) is 0 Å². The van der Waals surface area contributed by atoms with E-state index in [2.05, 4.69) is 0 Å². The van der Waals surface area contributed by atoms with Gasteiger partial charge in [0.15, 0.2) is 0 Å². The summed E-state index contributed by atoms with van der Waals surface area (Å²) in [6, 6.07) is 0. The van der Waals surface area contributed by atoms with Gasteiger partial charge >= 0.3 is 86.5 Å². The van der Waals surface area contributed by atoms with Crippen LogP contribution in [0.1, 0.15) is 0 Å². The van der Waals surface area contributed by atoms with E-state index in [-0.39, 0.29) is 136 Å². The van der Waals surface area contributed by atoms with Crippen LogP contribution in [-0.4, -0.2) is 11.0 Å². The predicted molar refractivity (Wildman–Crippen MR) is 10.6 cm³/mol.